The van der Waals surface area contributed by atoms with E-state index in [9.17, 15) is 30.3 Å². The molecule has 0 spiro atoms. The normalized spacial score (nSPS) is 22.6. The second-order valence-electron chi connectivity index (χ2n) is 14.1. The van der Waals surface area contributed by atoms with Gasteiger partial charge in [0, 0.05) is 6.42 Å². The second kappa shape index (κ2) is 31.4. The molecule has 1 rings (SSSR count). The molecule has 1 aliphatic rings. The van der Waals surface area contributed by atoms with Gasteiger partial charge < -0.3 is 40.3 Å². The van der Waals surface area contributed by atoms with Crippen LogP contribution in [0.5, 0.6) is 0 Å². The van der Waals surface area contributed by atoms with E-state index in [1.807, 2.05) is 6.08 Å². The Hall–Kier alpha value is -1.33. The summed E-state index contributed by atoms with van der Waals surface area (Å²) in [4.78, 5) is 12.9. The van der Waals surface area contributed by atoms with Gasteiger partial charge in [0.05, 0.1) is 25.4 Å². The predicted molar refractivity (Wildman–Crippen MR) is 198 cm³/mol. The van der Waals surface area contributed by atoms with Gasteiger partial charge in [0.1, 0.15) is 24.4 Å². The van der Waals surface area contributed by atoms with Crippen LogP contribution in [0.2, 0.25) is 0 Å². The highest BCUT2D eigenvalue weighted by Crippen LogP contribution is 2.22. The summed E-state index contributed by atoms with van der Waals surface area (Å²) in [5, 5.41) is 53.9. The molecule has 1 fully saturated rings. The third kappa shape index (κ3) is 23.0. The number of hydrogen-bond donors (Lipinski definition) is 6. The molecule has 9 nitrogen and oxygen atoms in total. The lowest BCUT2D eigenvalue weighted by atomic mass is 9.99. The molecule has 0 bridgehead atoms. The first-order valence-electron chi connectivity index (χ1n) is 20.1. The fourth-order valence-corrected chi connectivity index (χ4v) is 6.21. The smallest absolute Gasteiger partial charge is 0.220 e. The zero-order chi connectivity index (χ0) is 36.0. The molecule has 1 amide bonds. The summed E-state index contributed by atoms with van der Waals surface area (Å²) in [6.07, 6.45) is 27.9. The summed E-state index contributed by atoms with van der Waals surface area (Å²) < 4.78 is 11.2. The molecule has 1 heterocycles. The molecule has 0 saturated carbocycles. The maximum atomic E-state index is 12.9. The van der Waals surface area contributed by atoms with Crippen molar-refractivity contribution in [2.45, 2.75) is 211 Å². The number of carbonyl (C=O) groups is 1. The third-order valence-corrected chi connectivity index (χ3v) is 9.52. The van der Waals surface area contributed by atoms with E-state index in [2.05, 4.69) is 31.3 Å². The lowest BCUT2D eigenvalue weighted by Crippen LogP contribution is -2.60. The van der Waals surface area contributed by atoms with Crippen molar-refractivity contribution in [3.63, 3.8) is 0 Å². The number of hydrogen-bond acceptors (Lipinski definition) is 8. The minimum absolute atomic E-state index is 0.189. The predicted octanol–water partition coefficient (Wildman–Crippen LogP) is 7.16. The molecular weight excluding hydrogens is 622 g/mol. The fraction of sp³-hybridized carbons (Fsp3) is 0.875. The summed E-state index contributed by atoms with van der Waals surface area (Å²) in [6, 6.07) is -0.804. The van der Waals surface area contributed by atoms with E-state index >= 15 is 0 Å². The Morgan fingerprint density at radius 2 is 1.14 bits per heavy atom. The average molecular weight is 698 g/mol. The largest absolute Gasteiger partial charge is 0.394 e. The first-order chi connectivity index (χ1) is 23.8. The molecule has 1 saturated heterocycles. The van der Waals surface area contributed by atoms with Crippen molar-refractivity contribution in [3.05, 3.63) is 24.3 Å². The lowest BCUT2D eigenvalue weighted by molar-refractivity contribution is -0.302. The number of rotatable bonds is 32. The molecule has 7 unspecified atom stereocenters. The maximum absolute atomic E-state index is 12.9. The van der Waals surface area contributed by atoms with E-state index in [1.54, 1.807) is 6.08 Å². The Kier molecular flexibility index (Phi) is 29.3. The molecule has 0 aromatic rings. The van der Waals surface area contributed by atoms with Crippen molar-refractivity contribution in [3.8, 4) is 0 Å². The maximum Gasteiger partial charge on any atom is 0.220 e. The topological polar surface area (TPSA) is 149 Å². The average Bonchev–Trinajstić information content (AvgIpc) is 3.10. The van der Waals surface area contributed by atoms with E-state index in [0.717, 1.165) is 57.8 Å². The highest BCUT2D eigenvalue weighted by atomic mass is 16.7. The molecular formula is C40H75NO8. The van der Waals surface area contributed by atoms with E-state index < -0.39 is 49.5 Å². The van der Waals surface area contributed by atoms with E-state index in [4.69, 9.17) is 9.47 Å². The number of unbranched alkanes of at least 4 members (excludes halogenated alkanes) is 20. The van der Waals surface area contributed by atoms with Crippen LogP contribution in [0.15, 0.2) is 24.3 Å². The summed E-state index contributed by atoms with van der Waals surface area (Å²) >= 11 is 0. The van der Waals surface area contributed by atoms with Gasteiger partial charge >= 0.3 is 0 Å². The van der Waals surface area contributed by atoms with Gasteiger partial charge in [0.15, 0.2) is 6.29 Å². The van der Waals surface area contributed by atoms with Crippen molar-refractivity contribution in [2.75, 3.05) is 13.2 Å². The molecule has 6 N–H and O–H groups in total. The van der Waals surface area contributed by atoms with Crippen molar-refractivity contribution in [1.82, 2.24) is 5.32 Å². The number of amides is 1. The molecule has 0 aromatic heterocycles. The molecule has 0 radical (unpaired) electrons. The molecule has 288 valence electrons. The number of nitrogens with one attached hydrogen (secondary N) is 1. The number of aliphatic hydroxyl groups excluding tert-OH is 5. The van der Waals surface area contributed by atoms with E-state index in [1.165, 1.54) is 89.9 Å². The zero-order valence-corrected chi connectivity index (χ0v) is 31.2. The van der Waals surface area contributed by atoms with E-state index in [-0.39, 0.29) is 12.5 Å². The van der Waals surface area contributed by atoms with Gasteiger partial charge in [-0.15, -0.1) is 0 Å². The number of carbonyl (C=O) groups excluding carboxylic acids is 1. The Balaban J connectivity index is 2.45. The van der Waals surface area contributed by atoms with Gasteiger partial charge in [0.2, 0.25) is 5.91 Å². The second-order valence-corrected chi connectivity index (χ2v) is 14.1. The highest BCUT2D eigenvalue weighted by molar-refractivity contribution is 5.76. The molecule has 0 aliphatic carbocycles. The van der Waals surface area contributed by atoms with Crippen LogP contribution >= 0.6 is 0 Å². The van der Waals surface area contributed by atoms with E-state index in [0.29, 0.717) is 6.42 Å². The van der Waals surface area contributed by atoms with Gasteiger partial charge in [0.25, 0.3) is 0 Å². The third-order valence-electron chi connectivity index (χ3n) is 9.52. The molecule has 9 heteroatoms. The monoisotopic (exact) mass is 698 g/mol. The highest BCUT2D eigenvalue weighted by Gasteiger charge is 2.44. The van der Waals surface area contributed by atoms with Crippen LogP contribution < -0.4 is 5.32 Å². The van der Waals surface area contributed by atoms with Crippen molar-refractivity contribution < 1.29 is 39.8 Å². The fourth-order valence-electron chi connectivity index (χ4n) is 6.21. The molecule has 49 heavy (non-hydrogen) atoms. The standard InChI is InChI=1S/C40H75NO8/c1-3-5-7-9-11-13-15-17-18-19-21-23-25-27-29-34(43)33(32-48-40-39(47)38(46)37(45)35(31-42)49-40)41-36(44)30-28-26-24-22-20-16-14-12-10-8-6-4-2/h12,14,27,29,33-35,37-40,42-43,45-47H,3-11,13,15-26,28,30-32H2,1-2H3,(H,41,44)/b14-12-,29-27+. The van der Waals surface area contributed by atoms with Gasteiger partial charge in [-0.2, -0.15) is 0 Å². The summed E-state index contributed by atoms with van der Waals surface area (Å²) in [7, 11) is 0. The Labute approximate surface area is 298 Å². The van der Waals surface area contributed by atoms with Crippen molar-refractivity contribution in [2.24, 2.45) is 0 Å². The number of allylic oxidation sites excluding steroid dienone is 3. The lowest BCUT2D eigenvalue weighted by Gasteiger charge is -2.40. The quantitative estimate of drug-likeness (QED) is 0.0320. The summed E-state index contributed by atoms with van der Waals surface area (Å²) in [5.74, 6) is -0.189. The van der Waals surface area contributed by atoms with Crippen molar-refractivity contribution >= 4 is 5.91 Å². The Bertz CT molecular complexity index is 822. The SMILES string of the molecule is CCCCC/C=C\CCCCCCCC(=O)NC(COC1OC(CO)C(O)C(O)C1O)C(O)/C=C/CCCCCCCCCCCCCC. The van der Waals surface area contributed by atoms with Gasteiger partial charge in [-0.1, -0.05) is 141 Å². The van der Waals surface area contributed by atoms with Crippen molar-refractivity contribution in [1.29, 1.82) is 0 Å². The minimum Gasteiger partial charge on any atom is -0.394 e. The first-order valence-corrected chi connectivity index (χ1v) is 20.1. The molecule has 7 atom stereocenters. The van der Waals surface area contributed by atoms with Gasteiger partial charge in [-0.05, 0) is 44.9 Å². The zero-order valence-electron chi connectivity index (χ0n) is 31.2. The van der Waals surface area contributed by atoms with Crippen LogP contribution in [0.25, 0.3) is 0 Å². The minimum atomic E-state index is -1.56. The molecule has 1 aliphatic heterocycles. The van der Waals surface area contributed by atoms with Crippen LogP contribution in [0.1, 0.15) is 168 Å². The summed E-state index contributed by atoms with van der Waals surface area (Å²) in [6.45, 7) is 3.72. The first kappa shape index (κ1) is 45.7. The van der Waals surface area contributed by atoms with Crippen LogP contribution in [0.3, 0.4) is 0 Å². The van der Waals surface area contributed by atoms with Crippen LogP contribution in [-0.4, -0.2) is 87.5 Å². The Morgan fingerprint density at radius 1 is 0.673 bits per heavy atom. The summed E-state index contributed by atoms with van der Waals surface area (Å²) in [5.41, 5.74) is 0. The van der Waals surface area contributed by atoms with Crippen LogP contribution in [0, 0.1) is 0 Å². The van der Waals surface area contributed by atoms with Gasteiger partial charge in [-0.3, -0.25) is 4.79 Å². The number of ether oxygens (including phenoxy) is 2. The number of aliphatic hydroxyl groups is 5. The van der Waals surface area contributed by atoms with Crippen LogP contribution in [0.4, 0.5) is 0 Å². The Morgan fingerprint density at radius 3 is 1.69 bits per heavy atom. The molecule has 0 aromatic carbocycles. The van der Waals surface area contributed by atoms with Crippen LogP contribution in [-0.2, 0) is 14.3 Å². The van der Waals surface area contributed by atoms with Gasteiger partial charge in [-0.25, -0.2) is 0 Å².